The summed E-state index contributed by atoms with van der Waals surface area (Å²) in [5, 5.41) is 12.3. The highest BCUT2D eigenvalue weighted by atomic mass is 32.2. The number of aromatic amines is 1. The number of nitro groups is 1. The lowest BCUT2D eigenvalue weighted by Gasteiger charge is -2.04. The molecular formula is C15H11N3O2S2. The fourth-order valence-corrected chi connectivity index (χ4v) is 3.17. The molecular weight excluding hydrogens is 318 g/mol. The molecule has 110 valence electrons. The van der Waals surface area contributed by atoms with Crippen LogP contribution in [0.4, 0.5) is 5.69 Å². The van der Waals surface area contributed by atoms with E-state index in [1.165, 1.54) is 23.9 Å². The smallest absolute Gasteiger partial charge is 0.269 e. The van der Waals surface area contributed by atoms with Crippen LogP contribution < -0.4 is 0 Å². The van der Waals surface area contributed by atoms with Crippen molar-refractivity contribution in [2.24, 2.45) is 0 Å². The van der Waals surface area contributed by atoms with Crippen LogP contribution in [-0.2, 0) is 5.75 Å². The minimum absolute atomic E-state index is 0.0944. The molecule has 3 rings (SSSR count). The molecule has 5 nitrogen and oxygen atoms in total. The Labute approximate surface area is 135 Å². The number of hydrogen-bond acceptors (Lipinski definition) is 5. The average Bonchev–Trinajstić information content (AvgIpc) is 2.53. The van der Waals surface area contributed by atoms with Crippen LogP contribution in [0, 0.1) is 14.8 Å². The first-order valence-corrected chi connectivity index (χ1v) is 7.88. The second-order valence-corrected chi connectivity index (χ2v) is 5.96. The number of H-pyrrole nitrogens is 1. The van der Waals surface area contributed by atoms with Gasteiger partial charge in [-0.15, -0.1) is 0 Å². The molecule has 0 amide bonds. The van der Waals surface area contributed by atoms with Gasteiger partial charge in [0.1, 0.15) is 4.64 Å². The van der Waals surface area contributed by atoms with Crippen LogP contribution in [0.3, 0.4) is 0 Å². The maximum Gasteiger partial charge on any atom is 0.269 e. The molecule has 3 aromatic rings. The first kappa shape index (κ1) is 14.7. The first-order valence-electron chi connectivity index (χ1n) is 6.49. The van der Waals surface area contributed by atoms with Gasteiger partial charge < -0.3 is 4.98 Å². The summed E-state index contributed by atoms with van der Waals surface area (Å²) in [6, 6.07) is 14.3. The molecule has 0 unspecified atom stereocenters. The largest absolute Gasteiger partial charge is 0.334 e. The monoisotopic (exact) mass is 329 g/mol. The Bertz CT molecular complexity index is 891. The van der Waals surface area contributed by atoms with E-state index in [0.717, 1.165) is 21.6 Å². The second-order valence-electron chi connectivity index (χ2n) is 4.60. The molecule has 0 saturated carbocycles. The van der Waals surface area contributed by atoms with Gasteiger partial charge in [-0.25, -0.2) is 4.98 Å². The van der Waals surface area contributed by atoms with Crippen molar-refractivity contribution in [3.8, 4) is 0 Å². The number of hydrogen-bond donors (Lipinski definition) is 1. The van der Waals surface area contributed by atoms with E-state index in [1.54, 1.807) is 12.1 Å². The van der Waals surface area contributed by atoms with E-state index in [1.807, 2.05) is 24.3 Å². The van der Waals surface area contributed by atoms with Gasteiger partial charge in [0.15, 0.2) is 5.16 Å². The summed E-state index contributed by atoms with van der Waals surface area (Å²) < 4.78 is 0.570. The van der Waals surface area contributed by atoms with Crippen LogP contribution >= 0.6 is 24.0 Å². The summed E-state index contributed by atoms with van der Waals surface area (Å²) >= 11 is 6.81. The lowest BCUT2D eigenvalue weighted by molar-refractivity contribution is -0.384. The van der Waals surface area contributed by atoms with Crippen molar-refractivity contribution in [2.45, 2.75) is 10.9 Å². The standard InChI is InChI=1S/C15H11N3O2S2/c19-18(20)11-7-5-10(6-8-11)9-22-15-16-13-4-2-1-3-12(13)14(21)17-15/h1-8H,9H2,(H,16,17,21). The predicted molar refractivity (Wildman–Crippen MR) is 89.6 cm³/mol. The van der Waals surface area contributed by atoms with Gasteiger partial charge in [-0.3, -0.25) is 10.1 Å². The maximum atomic E-state index is 10.6. The minimum Gasteiger partial charge on any atom is -0.334 e. The van der Waals surface area contributed by atoms with Gasteiger partial charge in [-0.2, -0.15) is 0 Å². The number of non-ortho nitro benzene ring substituents is 1. The summed E-state index contributed by atoms with van der Waals surface area (Å²) in [6.45, 7) is 0. The van der Waals surface area contributed by atoms with Gasteiger partial charge in [0, 0.05) is 23.3 Å². The predicted octanol–water partition coefficient (Wildman–Crippen LogP) is 4.49. The van der Waals surface area contributed by atoms with Gasteiger partial charge in [0.2, 0.25) is 0 Å². The summed E-state index contributed by atoms with van der Waals surface area (Å²) in [5.74, 6) is 0.661. The molecule has 1 N–H and O–H groups in total. The number of thioether (sulfide) groups is 1. The van der Waals surface area contributed by atoms with Crippen molar-refractivity contribution in [3.05, 3.63) is 68.8 Å². The van der Waals surface area contributed by atoms with Gasteiger partial charge in [0.25, 0.3) is 5.69 Å². The fourth-order valence-electron chi connectivity index (χ4n) is 2.01. The molecule has 0 radical (unpaired) electrons. The molecule has 2 aromatic carbocycles. The number of fused-ring (bicyclic) bond motifs is 1. The molecule has 0 aliphatic carbocycles. The van der Waals surface area contributed by atoms with Crippen LogP contribution in [0.5, 0.6) is 0 Å². The summed E-state index contributed by atoms with van der Waals surface area (Å²) in [5.41, 5.74) is 2.04. The summed E-state index contributed by atoms with van der Waals surface area (Å²) in [6.07, 6.45) is 0. The third-order valence-corrected chi connectivity index (χ3v) is 4.38. The van der Waals surface area contributed by atoms with Crippen LogP contribution in [0.2, 0.25) is 0 Å². The summed E-state index contributed by atoms with van der Waals surface area (Å²) in [4.78, 5) is 17.8. The fraction of sp³-hybridized carbons (Fsp3) is 0.0667. The Balaban J connectivity index is 1.79. The number of nitro benzene ring substituents is 1. The zero-order valence-corrected chi connectivity index (χ0v) is 13.0. The average molecular weight is 329 g/mol. The molecule has 22 heavy (non-hydrogen) atoms. The third kappa shape index (κ3) is 3.15. The van der Waals surface area contributed by atoms with Crippen molar-refractivity contribution >= 4 is 40.6 Å². The van der Waals surface area contributed by atoms with Crippen LogP contribution in [0.25, 0.3) is 10.9 Å². The van der Waals surface area contributed by atoms with E-state index in [-0.39, 0.29) is 5.69 Å². The lowest BCUT2D eigenvalue weighted by atomic mass is 10.2. The zero-order chi connectivity index (χ0) is 15.5. The number of aromatic nitrogens is 2. The highest BCUT2D eigenvalue weighted by Crippen LogP contribution is 2.23. The molecule has 0 saturated heterocycles. The topological polar surface area (TPSA) is 71.8 Å². The molecule has 1 aromatic heterocycles. The lowest BCUT2D eigenvalue weighted by Crippen LogP contribution is -1.91. The highest BCUT2D eigenvalue weighted by Gasteiger charge is 2.06. The van der Waals surface area contributed by atoms with Crippen molar-refractivity contribution < 1.29 is 4.92 Å². The number of nitrogens with one attached hydrogen (secondary N) is 1. The molecule has 1 heterocycles. The van der Waals surface area contributed by atoms with E-state index >= 15 is 0 Å². The van der Waals surface area contributed by atoms with Crippen molar-refractivity contribution in [3.63, 3.8) is 0 Å². The van der Waals surface area contributed by atoms with Crippen LogP contribution in [0.1, 0.15) is 5.56 Å². The van der Waals surface area contributed by atoms with Crippen LogP contribution in [-0.4, -0.2) is 14.9 Å². The number of para-hydroxylation sites is 1. The van der Waals surface area contributed by atoms with E-state index in [2.05, 4.69) is 9.97 Å². The Hall–Kier alpha value is -2.25. The number of nitrogens with zero attached hydrogens (tertiary/aromatic N) is 2. The van der Waals surface area contributed by atoms with Crippen molar-refractivity contribution in [1.29, 1.82) is 0 Å². The molecule has 7 heteroatoms. The van der Waals surface area contributed by atoms with Crippen molar-refractivity contribution in [1.82, 2.24) is 9.97 Å². The summed E-state index contributed by atoms with van der Waals surface area (Å²) in [7, 11) is 0. The molecule has 0 bridgehead atoms. The minimum atomic E-state index is -0.404. The number of rotatable bonds is 4. The van der Waals surface area contributed by atoms with E-state index in [4.69, 9.17) is 12.2 Å². The number of benzene rings is 2. The maximum absolute atomic E-state index is 10.6. The molecule has 0 spiro atoms. The Morgan fingerprint density at radius 1 is 1.18 bits per heavy atom. The Morgan fingerprint density at radius 2 is 1.91 bits per heavy atom. The van der Waals surface area contributed by atoms with E-state index in [9.17, 15) is 10.1 Å². The Kier molecular flexibility index (Phi) is 4.17. The second kappa shape index (κ2) is 6.25. The molecule has 0 aliphatic heterocycles. The quantitative estimate of drug-likeness (QED) is 0.251. The molecule has 0 fully saturated rings. The molecule has 0 atom stereocenters. The highest BCUT2D eigenvalue weighted by molar-refractivity contribution is 7.98. The van der Waals surface area contributed by atoms with Gasteiger partial charge in [-0.05, 0) is 17.7 Å². The van der Waals surface area contributed by atoms with E-state index in [0.29, 0.717) is 10.4 Å². The van der Waals surface area contributed by atoms with Gasteiger partial charge in [-0.1, -0.05) is 48.2 Å². The van der Waals surface area contributed by atoms with Gasteiger partial charge >= 0.3 is 0 Å². The van der Waals surface area contributed by atoms with Crippen molar-refractivity contribution in [2.75, 3.05) is 0 Å². The SMILES string of the molecule is O=[N+]([O-])c1ccc(CSc2nc(=S)c3ccccc3[nH]2)cc1. The van der Waals surface area contributed by atoms with Gasteiger partial charge in [0.05, 0.1) is 10.4 Å². The third-order valence-electron chi connectivity index (χ3n) is 3.12. The molecule has 0 aliphatic rings. The Morgan fingerprint density at radius 3 is 2.64 bits per heavy atom. The zero-order valence-electron chi connectivity index (χ0n) is 11.4. The van der Waals surface area contributed by atoms with Crippen LogP contribution in [0.15, 0.2) is 53.7 Å². The first-order chi connectivity index (χ1) is 10.6. The normalized spacial score (nSPS) is 10.7. The van der Waals surface area contributed by atoms with E-state index < -0.39 is 4.92 Å².